The molecule has 2 rings (SSSR count). The molecule has 1 amide bonds. The Labute approximate surface area is 111 Å². The van der Waals surface area contributed by atoms with Gasteiger partial charge in [-0.3, -0.25) is 4.79 Å². The Morgan fingerprint density at radius 2 is 2.06 bits per heavy atom. The van der Waals surface area contributed by atoms with Gasteiger partial charge in [0.2, 0.25) is 0 Å². The third kappa shape index (κ3) is 2.87. The summed E-state index contributed by atoms with van der Waals surface area (Å²) < 4.78 is 24.6. The number of sulfone groups is 1. The highest BCUT2D eigenvalue weighted by Gasteiger charge is 2.24. The highest BCUT2D eigenvalue weighted by molar-refractivity contribution is 7.91. The molecule has 1 aliphatic rings. The topological polar surface area (TPSA) is 59.4 Å². The molecule has 1 aromatic rings. The van der Waals surface area contributed by atoms with E-state index in [1.54, 1.807) is 28.8 Å². The summed E-state index contributed by atoms with van der Waals surface area (Å²) in [5.41, 5.74) is 0.485. The summed E-state index contributed by atoms with van der Waals surface area (Å²) in [5, 5.41) is 0.503. The largest absolute Gasteiger partial charge is 0.345 e. The van der Waals surface area contributed by atoms with Crippen LogP contribution in [0.15, 0.2) is 12.3 Å². The molecule has 7 heteroatoms. The fourth-order valence-corrected chi connectivity index (χ4v) is 3.56. The smallest absolute Gasteiger partial charge is 0.270 e. The predicted octanol–water partition coefficient (Wildman–Crippen LogP) is 0.939. The molecule has 100 valence electrons. The molecule has 0 bridgehead atoms. The Kier molecular flexibility index (Phi) is 3.68. The lowest BCUT2D eigenvalue weighted by Gasteiger charge is -2.19. The van der Waals surface area contributed by atoms with Crippen LogP contribution < -0.4 is 0 Å². The molecule has 0 saturated carbocycles. The lowest BCUT2D eigenvalue weighted by atomic mass is 10.3. The average Bonchev–Trinajstić information content (AvgIpc) is 2.50. The van der Waals surface area contributed by atoms with Crippen LogP contribution in [-0.4, -0.2) is 48.4 Å². The van der Waals surface area contributed by atoms with E-state index >= 15 is 0 Å². The summed E-state index contributed by atoms with van der Waals surface area (Å²) >= 11 is 5.84. The van der Waals surface area contributed by atoms with Crippen molar-refractivity contribution < 1.29 is 13.2 Å². The summed E-state index contributed by atoms with van der Waals surface area (Å²) in [6.45, 7) is 0.727. The molecule has 1 saturated heterocycles. The van der Waals surface area contributed by atoms with Crippen molar-refractivity contribution in [3.8, 4) is 0 Å². The maximum atomic E-state index is 12.2. The quantitative estimate of drug-likeness (QED) is 0.773. The van der Waals surface area contributed by atoms with Gasteiger partial charge in [0.1, 0.15) is 5.69 Å². The van der Waals surface area contributed by atoms with Crippen LogP contribution in [0.25, 0.3) is 0 Å². The van der Waals surface area contributed by atoms with Crippen molar-refractivity contribution in [2.24, 2.45) is 7.05 Å². The predicted molar refractivity (Wildman–Crippen MR) is 69.6 cm³/mol. The molecule has 1 aliphatic heterocycles. The van der Waals surface area contributed by atoms with Crippen molar-refractivity contribution >= 4 is 27.3 Å². The summed E-state index contributed by atoms with van der Waals surface area (Å²) in [6, 6.07) is 1.60. The Morgan fingerprint density at radius 3 is 2.67 bits per heavy atom. The molecular formula is C11H15ClN2O3S. The lowest BCUT2D eigenvalue weighted by molar-refractivity contribution is 0.0759. The van der Waals surface area contributed by atoms with Gasteiger partial charge in [0.05, 0.1) is 16.5 Å². The number of rotatable bonds is 1. The van der Waals surface area contributed by atoms with E-state index in [0.29, 0.717) is 23.7 Å². The van der Waals surface area contributed by atoms with Gasteiger partial charge in [0.15, 0.2) is 9.84 Å². The third-order valence-electron chi connectivity index (χ3n) is 3.03. The van der Waals surface area contributed by atoms with Crippen LogP contribution in [0.1, 0.15) is 16.9 Å². The molecule has 18 heavy (non-hydrogen) atoms. The number of aromatic nitrogens is 1. The minimum atomic E-state index is -3.00. The molecule has 5 nitrogen and oxygen atoms in total. The lowest BCUT2D eigenvalue weighted by Crippen LogP contribution is -2.34. The van der Waals surface area contributed by atoms with E-state index in [-0.39, 0.29) is 24.0 Å². The first-order chi connectivity index (χ1) is 8.39. The van der Waals surface area contributed by atoms with Gasteiger partial charge in [-0.05, 0) is 12.5 Å². The summed E-state index contributed by atoms with van der Waals surface area (Å²) in [6.07, 6.45) is 2.15. The maximum Gasteiger partial charge on any atom is 0.270 e. The van der Waals surface area contributed by atoms with Crippen LogP contribution in [-0.2, 0) is 16.9 Å². The summed E-state index contributed by atoms with van der Waals surface area (Å²) in [7, 11) is -1.26. The van der Waals surface area contributed by atoms with Gasteiger partial charge in [0, 0.05) is 26.3 Å². The molecule has 0 N–H and O–H groups in total. The highest BCUT2D eigenvalue weighted by Crippen LogP contribution is 2.16. The Morgan fingerprint density at radius 1 is 1.33 bits per heavy atom. The average molecular weight is 291 g/mol. The van der Waals surface area contributed by atoms with Crippen LogP contribution in [0.5, 0.6) is 0 Å². The van der Waals surface area contributed by atoms with Gasteiger partial charge in [-0.1, -0.05) is 11.6 Å². The van der Waals surface area contributed by atoms with Gasteiger partial charge in [-0.15, -0.1) is 0 Å². The molecule has 1 aromatic heterocycles. The van der Waals surface area contributed by atoms with Gasteiger partial charge < -0.3 is 9.47 Å². The van der Waals surface area contributed by atoms with E-state index in [0.717, 1.165) is 0 Å². The second-order valence-electron chi connectivity index (χ2n) is 4.45. The molecule has 0 unspecified atom stereocenters. The molecule has 0 atom stereocenters. The number of carbonyl (C=O) groups excluding carboxylic acids is 1. The second-order valence-corrected chi connectivity index (χ2v) is 7.19. The summed E-state index contributed by atoms with van der Waals surface area (Å²) in [4.78, 5) is 13.8. The molecule has 2 heterocycles. The van der Waals surface area contributed by atoms with E-state index in [4.69, 9.17) is 11.6 Å². The van der Waals surface area contributed by atoms with Crippen LogP contribution in [0, 0.1) is 0 Å². The second kappa shape index (κ2) is 4.93. The minimum absolute atomic E-state index is 0.0386. The zero-order valence-electron chi connectivity index (χ0n) is 10.1. The zero-order valence-corrected chi connectivity index (χ0v) is 11.7. The molecule has 0 aromatic carbocycles. The maximum absolute atomic E-state index is 12.2. The van der Waals surface area contributed by atoms with E-state index in [1.807, 2.05) is 0 Å². The van der Waals surface area contributed by atoms with Crippen molar-refractivity contribution in [3.63, 3.8) is 0 Å². The fourth-order valence-electron chi connectivity index (χ4n) is 2.04. The first kappa shape index (κ1) is 13.4. The minimum Gasteiger partial charge on any atom is -0.345 e. The van der Waals surface area contributed by atoms with Crippen molar-refractivity contribution in [3.05, 3.63) is 23.0 Å². The van der Waals surface area contributed by atoms with Crippen molar-refractivity contribution in [2.75, 3.05) is 24.6 Å². The molecule has 1 fully saturated rings. The summed E-state index contributed by atoms with van der Waals surface area (Å²) in [5.74, 6) is 0.0307. The molecule has 0 spiro atoms. The van der Waals surface area contributed by atoms with Gasteiger partial charge >= 0.3 is 0 Å². The van der Waals surface area contributed by atoms with Gasteiger partial charge in [-0.25, -0.2) is 8.42 Å². The van der Waals surface area contributed by atoms with Crippen LogP contribution in [0.4, 0.5) is 0 Å². The van der Waals surface area contributed by atoms with Crippen LogP contribution in [0.3, 0.4) is 0 Å². The number of amides is 1. The van der Waals surface area contributed by atoms with Crippen LogP contribution in [0.2, 0.25) is 5.02 Å². The molecular weight excluding hydrogens is 276 g/mol. The van der Waals surface area contributed by atoms with E-state index < -0.39 is 9.84 Å². The van der Waals surface area contributed by atoms with Crippen LogP contribution >= 0.6 is 11.6 Å². The normalized spacial score (nSPS) is 19.6. The first-order valence-corrected chi connectivity index (χ1v) is 7.90. The van der Waals surface area contributed by atoms with E-state index in [2.05, 4.69) is 0 Å². The Hall–Kier alpha value is -1.01. The molecule has 0 aliphatic carbocycles. The number of hydrogen-bond donors (Lipinski definition) is 0. The SMILES string of the molecule is Cn1cc(Cl)cc1C(=O)N1CCCS(=O)(=O)CC1. The fraction of sp³-hybridized carbons (Fsp3) is 0.545. The Balaban J connectivity index is 2.17. The van der Waals surface area contributed by atoms with Crippen molar-refractivity contribution in [2.45, 2.75) is 6.42 Å². The number of aryl methyl sites for hydroxylation is 1. The zero-order chi connectivity index (χ0) is 13.3. The Bertz CT molecular complexity index is 565. The van der Waals surface area contributed by atoms with E-state index in [1.165, 1.54) is 0 Å². The van der Waals surface area contributed by atoms with Gasteiger partial charge in [-0.2, -0.15) is 0 Å². The number of nitrogens with zero attached hydrogens (tertiary/aromatic N) is 2. The standard InChI is InChI=1S/C11H15ClN2O3S/c1-13-8-9(12)7-10(13)11(15)14-3-2-5-18(16,17)6-4-14/h7-8H,2-6H2,1H3. The number of hydrogen-bond acceptors (Lipinski definition) is 3. The number of carbonyl (C=O) groups is 1. The third-order valence-corrected chi connectivity index (χ3v) is 4.96. The number of halogens is 1. The van der Waals surface area contributed by atoms with Crippen molar-refractivity contribution in [1.29, 1.82) is 0 Å². The first-order valence-electron chi connectivity index (χ1n) is 5.70. The van der Waals surface area contributed by atoms with E-state index in [9.17, 15) is 13.2 Å². The van der Waals surface area contributed by atoms with Gasteiger partial charge in [0.25, 0.3) is 5.91 Å². The monoisotopic (exact) mass is 290 g/mol. The highest BCUT2D eigenvalue weighted by atomic mass is 35.5. The molecule has 0 radical (unpaired) electrons. The van der Waals surface area contributed by atoms with Crippen molar-refractivity contribution in [1.82, 2.24) is 9.47 Å².